The van der Waals surface area contributed by atoms with Crippen molar-refractivity contribution in [1.82, 2.24) is 9.38 Å². The third-order valence-electron chi connectivity index (χ3n) is 2.60. The van der Waals surface area contributed by atoms with Gasteiger partial charge in [-0.3, -0.25) is 4.40 Å². The Labute approximate surface area is 105 Å². The van der Waals surface area contributed by atoms with Gasteiger partial charge in [0.25, 0.3) is 9.05 Å². The minimum absolute atomic E-state index is 0.00201. The summed E-state index contributed by atoms with van der Waals surface area (Å²) < 4.78 is 25.0. The van der Waals surface area contributed by atoms with Crippen LogP contribution in [-0.4, -0.2) is 17.8 Å². The van der Waals surface area contributed by atoms with E-state index in [9.17, 15) is 8.42 Å². The van der Waals surface area contributed by atoms with E-state index in [1.165, 1.54) is 0 Å². The number of nitrogens with zero attached hydrogens (tertiary/aromatic N) is 2. The summed E-state index contributed by atoms with van der Waals surface area (Å²) in [5.74, 6) is -0.00201. The molecule has 0 radical (unpaired) electrons. The van der Waals surface area contributed by atoms with Crippen LogP contribution in [0.4, 0.5) is 0 Å². The monoisotopic (exact) mass is 272 g/mol. The molecule has 0 aromatic carbocycles. The molecule has 17 heavy (non-hydrogen) atoms. The minimum Gasteiger partial charge on any atom is -0.286 e. The normalized spacial score (nSPS) is 12.5. The van der Waals surface area contributed by atoms with Crippen LogP contribution in [0.2, 0.25) is 0 Å². The van der Waals surface area contributed by atoms with E-state index in [4.69, 9.17) is 10.7 Å². The zero-order valence-corrected chi connectivity index (χ0v) is 11.4. The molecule has 2 rings (SSSR count). The largest absolute Gasteiger partial charge is 0.286 e. The summed E-state index contributed by atoms with van der Waals surface area (Å²) in [6, 6.07) is 5.43. The highest BCUT2D eigenvalue weighted by atomic mass is 35.7. The van der Waals surface area contributed by atoms with E-state index in [1.54, 1.807) is 10.5 Å². The molecule has 0 amide bonds. The van der Waals surface area contributed by atoms with Crippen molar-refractivity contribution in [3.8, 4) is 0 Å². The number of pyridine rings is 1. The van der Waals surface area contributed by atoms with Gasteiger partial charge >= 0.3 is 0 Å². The lowest BCUT2D eigenvalue weighted by Crippen LogP contribution is -2.04. The molecule has 0 aliphatic rings. The molecule has 0 aliphatic carbocycles. The molecule has 2 heterocycles. The molecular formula is C11H13ClN2O2S. The average Bonchev–Trinajstić information content (AvgIpc) is 2.57. The van der Waals surface area contributed by atoms with Crippen LogP contribution in [0, 0.1) is 6.92 Å². The lowest BCUT2D eigenvalue weighted by molar-refractivity contribution is 0.601. The summed E-state index contributed by atoms with van der Waals surface area (Å²) in [5, 5.41) is 0.0854. The van der Waals surface area contributed by atoms with Gasteiger partial charge in [0.2, 0.25) is 0 Å². The van der Waals surface area contributed by atoms with Gasteiger partial charge in [-0.15, -0.1) is 0 Å². The van der Waals surface area contributed by atoms with Gasteiger partial charge in [-0.1, -0.05) is 19.9 Å². The second-order valence-electron chi connectivity index (χ2n) is 4.26. The summed E-state index contributed by atoms with van der Waals surface area (Å²) in [6.45, 7) is 5.61. The molecule has 0 saturated heterocycles. The molecule has 0 bridgehead atoms. The topological polar surface area (TPSA) is 51.4 Å². The summed E-state index contributed by atoms with van der Waals surface area (Å²) in [5.41, 5.74) is 1.91. The van der Waals surface area contributed by atoms with Gasteiger partial charge in [0, 0.05) is 16.4 Å². The second-order valence-corrected chi connectivity index (χ2v) is 6.74. The van der Waals surface area contributed by atoms with Crippen LogP contribution in [0.5, 0.6) is 0 Å². The maximum Gasteiger partial charge on any atom is 0.279 e. The van der Waals surface area contributed by atoms with Crippen molar-refractivity contribution in [2.45, 2.75) is 31.7 Å². The van der Waals surface area contributed by atoms with E-state index >= 15 is 0 Å². The Kier molecular flexibility index (Phi) is 2.91. The van der Waals surface area contributed by atoms with Crippen LogP contribution in [0.15, 0.2) is 23.2 Å². The van der Waals surface area contributed by atoms with Gasteiger partial charge in [0.1, 0.15) is 5.65 Å². The number of hydrogen-bond donors (Lipinski definition) is 0. The van der Waals surface area contributed by atoms with Crippen LogP contribution in [0.1, 0.15) is 31.2 Å². The van der Waals surface area contributed by atoms with E-state index in [0.717, 1.165) is 5.69 Å². The van der Waals surface area contributed by atoms with E-state index in [2.05, 4.69) is 4.98 Å². The fourth-order valence-electron chi connectivity index (χ4n) is 1.85. The second kappa shape index (κ2) is 3.99. The molecule has 2 aromatic rings. The number of rotatable bonds is 2. The van der Waals surface area contributed by atoms with Crippen molar-refractivity contribution in [3.05, 3.63) is 29.6 Å². The van der Waals surface area contributed by atoms with Crippen molar-refractivity contribution in [1.29, 1.82) is 0 Å². The Morgan fingerprint density at radius 2 is 2.00 bits per heavy atom. The zero-order chi connectivity index (χ0) is 12.8. The van der Waals surface area contributed by atoms with Gasteiger partial charge in [-0.25, -0.2) is 13.4 Å². The molecule has 0 atom stereocenters. The van der Waals surface area contributed by atoms with Gasteiger partial charge < -0.3 is 0 Å². The number of hydrogen-bond acceptors (Lipinski definition) is 3. The molecule has 0 aliphatic heterocycles. The van der Waals surface area contributed by atoms with Crippen molar-refractivity contribution in [2.24, 2.45) is 0 Å². The maximum atomic E-state index is 11.7. The first kappa shape index (κ1) is 12.4. The molecule has 0 spiro atoms. The smallest absolute Gasteiger partial charge is 0.279 e. The summed E-state index contributed by atoms with van der Waals surface area (Å²) in [4.78, 5) is 4.34. The van der Waals surface area contributed by atoms with Crippen LogP contribution in [0.25, 0.3) is 5.65 Å². The molecule has 0 N–H and O–H groups in total. The molecule has 0 saturated carbocycles. The highest BCUT2D eigenvalue weighted by Crippen LogP contribution is 2.28. The Morgan fingerprint density at radius 1 is 1.35 bits per heavy atom. The number of halogens is 1. The standard InChI is InChI=1S/C11H13ClN2O2S/c1-7(2)10-11(17(12,15)16)14-8(3)5-4-6-9(14)13-10/h4-7H,1-3H3. The first-order chi connectivity index (χ1) is 7.82. The van der Waals surface area contributed by atoms with Crippen molar-refractivity contribution >= 4 is 25.4 Å². The third kappa shape index (κ3) is 2.05. The number of aromatic nitrogens is 2. The lowest BCUT2D eigenvalue weighted by atomic mass is 10.2. The quantitative estimate of drug-likeness (QED) is 0.790. The average molecular weight is 273 g/mol. The molecule has 4 nitrogen and oxygen atoms in total. The highest BCUT2D eigenvalue weighted by molar-refractivity contribution is 8.13. The summed E-state index contributed by atoms with van der Waals surface area (Å²) in [7, 11) is 1.70. The van der Waals surface area contributed by atoms with Gasteiger partial charge in [0.05, 0.1) is 5.69 Å². The number of fused-ring (bicyclic) bond motifs is 1. The van der Waals surface area contributed by atoms with Crippen LogP contribution in [-0.2, 0) is 9.05 Å². The fraction of sp³-hybridized carbons (Fsp3) is 0.364. The van der Waals surface area contributed by atoms with Crippen LogP contribution < -0.4 is 0 Å². The third-order valence-corrected chi connectivity index (χ3v) is 3.89. The Morgan fingerprint density at radius 3 is 2.53 bits per heavy atom. The Hall–Kier alpha value is -1.07. The number of aryl methyl sites for hydroxylation is 1. The predicted molar refractivity (Wildman–Crippen MR) is 67.1 cm³/mol. The summed E-state index contributed by atoms with van der Waals surface area (Å²) in [6.07, 6.45) is 0. The Balaban J connectivity index is 2.99. The van der Waals surface area contributed by atoms with E-state index in [0.29, 0.717) is 11.3 Å². The van der Waals surface area contributed by atoms with Crippen molar-refractivity contribution < 1.29 is 8.42 Å². The van der Waals surface area contributed by atoms with E-state index in [-0.39, 0.29) is 10.9 Å². The molecule has 6 heteroatoms. The lowest BCUT2D eigenvalue weighted by Gasteiger charge is -2.05. The van der Waals surface area contributed by atoms with Crippen LogP contribution in [0.3, 0.4) is 0 Å². The van der Waals surface area contributed by atoms with Gasteiger partial charge in [-0.05, 0) is 25.0 Å². The SMILES string of the molecule is Cc1cccc2nc(C(C)C)c(S(=O)(=O)Cl)n12. The highest BCUT2D eigenvalue weighted by Gasteiger charge is 2.25. The Bertz CT molecular complexity index is 674. The predicted octanol–water partition coefficient (Wildman–Crippen LogP) is 2.69. The molecule has 0 unspecified atom stereocenters. The molecule has 2 aromatic heterocycles. The molecular weight excluding hydrogens is 260 g/mol. The maximum absolute atomic E-state index is 11.7. The molecule has 92 valence electrons. The van der Waals surface area contributed by atoms with E-state index < -0.39 is 9.05 Å². The first-order valence-electron chi connectivity index (χ1n) is 5.25. The zero-order valence-electron chi connectivity index (χ0n) is 9.81. The van der Waals surface area contributed by atoms with Crippen LogP contribution >= 0.6 is 10.7 Å². The van der Waals surface area contributed by atoms with Crippen molar-refractivity contribution in [3.63, 3.8) is 0 Å². The van der Waals surface area contributed by atoms with Gasteiger partial charge in [-0.2, -0.15) is 0 Å². The molecule has 0 fully saturated rings. The van der Waals surface area contributed by atoms with Gasteiger partial charge in [0.15, 0.2) is 5.03 Å². The van der Waals surface area contributed by atoms with E-state index in [1.807, 2.05) is 32.9 Å². The minimum atomic E-state index is -3.81. The number of imidazole rings is 1. The van der Waals surface area contributed by atoms with Crippen molar-refractivity contribution in [2.75, 3.05) is 0 Å². The first-order valence-corrected chi connectivity index (χ1v) is 7.56. The fourth-order valence-corrected chi connectivity index (χ4v) is 3.28. The summed E-state index contributed by atoms with van der Waals surface area (Å²) >= 11 is 0.